The molecule has 0 radical (unpaired) electrons. The van der Waals surface area contributed by atoms with E-state index in [1.165, 1.54) is 6.33 Å². The van der Waals surface area contributed by atoms with E-state index in [2.05, 4.69) is 36.1 Å². The molecule has 0 saturated heterocycles. The largest absolute Gasteiger partial charge is 0.477 e. The molecule has 0 unspecified atom stereocenters. The highest BCUT2D eigenvalue weighted by molar-refractivity contribution is 5.50. The molecule has 0 aliphatic carbocycles. The van der Waals surface area contributed by atoms with Gasteiger partial charge in [0.2, 0.25) is 5.88 Å². The first kappa shape index (κ1) is 14.7. The molecule has 0 atom stereocenters. The van der Waals surface area contributed by atoms with Crippen LogP contribution < -0.4 is 10.1 Å². The monoisotopic (exact) mass is 253 g/mol. The van der Waals surface area contributed by atoms with Crippen LogP contribution in [0.2, 0.25) is 0 Å². The van der Waals surface area contributed by atoms with E-state index >= 15 is 0 Å². The molecule has 0 aromatic carbocycles. The summed E-state index contributed by atoms with van der Waals surface area (Å²) in [5.41, 5.74) is 1.00. The maximum absolute atomic E-state index is 8.77. The van der Waals surface area contributed by atoms with Crippen molar-refractivity contribution in [3.05, 3.63) is 11.9 Å². The first-order chi connectivity index (χ1) is 8.70. The van der Waals surface area contributed by atoms with Gasteiger partial charge in [-0.15, -0.1) is 0 Å². The fourth-order valence-corrected chi connectivity index (χ4v) is 1.63. The molecule has 0 amide bonds. The average molecular weight is 253 g/mol. The number of rotatable bonds is 8. The summed E-state index contributed by atoms with van der Waals surface area (Å²) in [6.07, 6.45) is 3.17. The topological polar surface area (TPSA) is 67.3 Å². The number of hydrogen-bond donors (Lipinski definition) is 2. The molecule has 0 spiro atoms. The van der Waals surface area contributed by atoms with Crippen LogP contribution in [0.1, 0.15) is 45.1 Å². The lowest BCUT2D eigenvalue weighted by molar-refractivity contribution is 0.227. The van der Waals surface area contributed by atoms with Crippen LogP contribution in [0.5, 0.6) is 5.88 Å². The summed E-state index contributed by atoms with van der Waals surface area (Å²) in [6.45, 7) is 7.78. The minimum atomic E-state index is 0.128. The minimum absolute atomic E-state index is 0.128. The SMILES string of the molecule is CCCNc1ncnc(OCCCO)c1C(C)C. The van der Waals surface area contributed by atoms with Crippen molar-refractivity contribution >= 4 is 5.82 Å². The van der Waals surface area contributed by atoms with Crippen molar-refractivity contribution in [1.82, 2.24) is 9.97 Å². The van der Waals surface area contributed by atoms with E-state index < -0.39 is 0 Å². The van der Waals surface area contributed by atoms with E-state index in [0.29, 0.717) is 18.9 Å². The van der Waals surface area contributed by atoms with Gasteiger partial charge in [0.25, 0.3) is 0 Å². The number of aliphatic hydroxyl groups excluding tert-OH is 1. The molecule has 5 nitrogen and oxygen atoms in total. The third-order valence-corrected chi connectivity index (χ3v) is 2.51. The van der Waals surface area contributed by atoms with Crippen molar-refractivity contribution in [2.75, 3.05) is 25.1 Å². The Labute approximate surface area is 109 Å². The zero-order chi connectivity index (χ0) is 13.4. The molecule has 1 aromatic rings. The van der Waals surface area contributed by atoms with Gasteiger partial charge >= 0.3 is 0 Å². The van der Waals surface area contributed by atoms with E-state index in [4.69, 9.17) is 9.84 Å². The van der Waals surface area contributed by atoms with Crippen molar-refractivity contribution in [3.63, 3.8) is 0 Å². The normalized spacial score (nSPS) is 10.7. The highest BCUT2D eigenvalue weighted by atomic mass is 16.5. The average Bonchev–Trinajstić information content (AvgIpc) is 2.36. The molecular weight excluding hydrogens is 230 g/mol. The molecule has 0 fully saturated rings. The molecule has 0 saturated carbocycles. The Morgan fingerprint density at radius 2 is 2.17 bits per heavy atom. The van der Waals surface area contributed by atoms with Crippen LogP contribution in [0.25, 0.3) is 0 Å². The maximum Gasteiger partial charge on any atom is 0.222 e. The van der Waals surface area contributed by atoms with Crippen molar-refractivity contribution < 1.29 is 9.84 Å². The summed E-state index contributed by atoms with van der Waals surface area (Å²) < 4.78 is 5.61. The highest BCUT2D eigenvalue weighted by Crippen LogP contribution is 2.29. The lowest BCUT2D eigenvalue weighted by Gasteiger charge is -2.16. The molecule has 1 heterocycles. The van der Waals surface area contributed by atoms with Gasteiger partial charge in [-0.25, -0.2) is 9.97 Å². The predicted molar refractivity (Wildman–Crippen MR) is 72.1 cm³/mol. The molecule has 0 bridgehead atoms. The van der Waals surface area contributed by atoms with Crippen molar-refractivity contribution in [1.29, 1.82) is 0 Å². The Morgan fingerprint density at radius 1 is 1.39 bits per heavy atom. The fourth-order valence-electron chi connectivity index (χ4n) is 1.63. The maximum atomic E-state index is 8.77. The second-order valence-corrected chi connectivity index (χ2v) is 4.45. The predicted octanol–water partition coefficient (Wildman–Crippen LogP) is 2.18. The van der Waals surface area contributed by atoms with Gasteiger partial charge in [0.15, 0.2) is 0 Å². The van der Waals surface area contributed by atoms with Gasteiger partial charge in [-0.2, -0.15) is 0 Å². The van der Waals surface area contributed by atoms with Crippen LogP contribution in [0, 0.1) is 0 Å². The number of aromatic nitrogens is 2. The molecule has 0 aliphatic heterocycles. The number of hydrogen-bond acceptors (Lipinski definition) is 5. The third-order valence-electron chi connectivity index (χ3n) is 2.51. The standard InChI is InChI=1S/C13H23N3O2/c1-4-6-14-12-11(10(2)3)13(16-9-15-12)18-8-5-7-17/h9-10,17H,4-8H2,1-3H3,(H,14,15,16). The van der Waals surface area contributed by atoms with Crippen molar-refractivity contribution in [2.24, 2.45) is 0 Å². The first-order valence-electron chi connectivity index (χ1n) is 6.53. The summed E-state index contributed by atoms with van der Waals surface area (Å²) in [6, 6.07) is 0. The summed E-state index contributed by atoms with van der Waals surface area (Å²) in [5, 5.41) is 12.1. The third kappa shape index (κ3) is 4.14. The van der Waals surface area contributed by atoms with E-state index in [-0.39, 0.29) is 12.5 Å². The molecule has 102 valence electrons. The molecular formula is C13H23N3O2. The van der Waals surface area contributed by atoms with Gasteiger partial charge in [-0.05, 0) is 12.3 Å². The summed E-state index contributed by atoms with van der Waals surface area (Å²) in [7, 11) is 0. The second kappa shape index (κ2) is 7.87. The lowest BCUT2D eigenvalue weighted by Crippen LogP contribution is -2.11. The lowest BCUT2D eigenvalue weighted by atomic mass is 10.1. The molecule has 1 aromatic heterocycles. The fraction of sp³-hybridized carbons (Fsp3) is 0.692. The van der Waals surface area contributed by atoms with Crippen LogP contribution in [0.3, 0.4) is 0 Å². The summed E-state index contributed by atoms with van der Waals surface area (Å²) in [4.78, 5) is 8.46. The summed E-state index contributed by atoms with van der Waals surface area (Å²) >= 11 is 0. The number of nitrogens with zero attached hydrogens (tertiary/aromatic N) is 2. The van der Waals surface area contributed by atoms with Crippen molar-refractivity contribution in [2.45, 2.75) is 39.5 Å². The van der Waals surface area contributed by atoms with Gasteiger partial charge in [-0.3, -0.25) is 0 Å². The molecule has 2 N–H and O–H groups in total. The van der Waals surface area contributed by atoms with Crippen LogP contribution in [-0.2, 0) is 0 Å². The van der Waals surface area contributed by atoms with Gasteiger partial charge in [0.05, 0.1) is 12.2 Å². The smallest absolute Gasteiger partial charge is 0.222 e. The van der Waals surface area contributed by atoms with Gasteiger partial charge in [0.1, 0.15) is 12.1 Å². The zero-order valence-electron chi connectivity index (χ0n) is 11.4. The number of aliphatic hydroxyl groups is 1. The molecule has 5 heteroatoms. The van der Waals surface area contributed by atoms with Crippen molar-refractivity contribution in [3.8, 4) is 5.88 Å². The highest BCUT2D eigenvalue weighted by Gasteiger charge is 2.15. The van der Waals surface area contributed by atoms with Crippen LogP contribution >= 0.6 is 0 Å². The Hall–Kier alpha value is -1.36. The second-order valence-electron chi connectivity index (χ2n) is 4.45. The van der Waals surface area contributed by atoms with Crippen LogP contribution in [0.4, 0.5) is 5.82 Å². The van der Waals surface area contributed by atoms with Gasteiger partial charge in [-0.1, -0.05) is 20.8 Å². The van der Waals surface area contributed by atoms with Gasteiger partial charge < -0.3 is 15.2 Å². The van der Waals surface area contributed by atoms with E-state index in [9.17, 15) is 0 Å². The summed E-state index contributed by atoms with van der Waals surface area (Å²) in [5.74, 6) is 1.75. The molecule has 18 heavy (non-hydrogen) atoms. The molecule has 1 rings (SSSR count). The Kier molecular flexibility index (Phi) is 6.43. The van der Waals surface area contributed by atoms with Crippen LogP contribution in [-0.4, -0.2) is 34.8 Å². The Morgan fingerprint density at radius 3 is 2.78 bits per heavy atom. The van der Waals surface area contributed by atoms with E-state index in [1.807, 2.05) is 0 Å². The number of anilines is 1. The van der Waals surface area contributed by atoms with E-state index in [0.717, 1.165) is 24.3 Å². The number of ether oxygens (including phenoxy) is 1. The van der Waals surface area contributed by atoms with Crippen LogP contribution in [0.15, 0.2) is 6.33 Å². The molecule has 0 aliphatic rings. The zero-order valence-corrected chi connectivity index (χ0v) is 11.4. The quantitative estimate of drug-likeness (QED) is 0.695. The first-order valence-corrected chi connectivity index (χ1v) is 6.53. The Balaban J connectivity index is 2.87. The Bertz CT molecular complexity index is 356. The number of nitrogens with one attached hydrogen (secondary N) is 1. The van der Waals surface area contributed by atoms with Gasteiger partial charge in [0, 0.05) is 19.6 Å². The minimum Gasteiger partial charge on any atom is -0.477 e. The van der Waals surface area contributed by atoms with E-state index in [1.54, 1.807) is 0 Å².